The van der Waals surface area contributed by atoms with Gasteiger partial charge >= 0.3 is 0 Å². The molecule has 2 nitrogen and oxygen atoms in total. The normalized spacial score (nSPS) is 19.4. The van der Waals surface area contributed by atoms with Gasteiger partial charge in [0.05, 0.1) is 0 Å². The lowest BCUT2D eigenvalue weighted by Crippen LogP contribution is -2.42. The Morgan fingerprint density at radius 3 is 2.45 bits per heavy atom. The molecule has 20 heavy (non-hydrogen) atoms. The van der Waals surface area contributed by atoms with Gasteiger partial charge in [-0.1, -0.05) is 49.8 Å². The molecule has 0 saturated heterocycles. The van der Waals surface area contributed by atoms with Crippen LogP contribution in [0, 0.1) is 11.7 Å². The van der Waals surface area contributed by atoms with E-state index < -0.39 is 0 Å². The van der Waals surface area contributed by atoms with E-state index in [0.717, 1.165) is 12.0 Å². The van der Waals surface area contributed by atoms with E-state index in [-0.39, 0.29) is 11.9 Å². The Labute approximate surface area is 125 Å². The van der Waals surface area contributed by atoms with Gasteiger partial charge in [-0.05, 0) is 42.9 Å². The van der Waals surface area contributed by atoms with Gasteiger partial charge in [0, 0.05) is 11.1 Å². The van der Waals surface area contributed by atoms with E-state index in [2.05, 4.69) is 5.43 Å². The molecule has 0 aromatic heterocycles. The van der Waals surface area contributed by atoms with Crippen LogP contribution in [0.1, 0.15) is 50.5 Å². The second-order valence-electron chi connectivity index (χ2n) is 5.82. The zero-order valence-corrected chi connectivity index (χ0v) is 12.6. The van der Waals surface area contributed by atoms with Crippen LogP contribution < -0.4 is 11.3 Å². The Morgan fingerprint density at radius 1 is 1.20 bits per heavy atom. The first-order valence-corrected chi connectivity index (χ1v) is 7.98. The highest BCUT2D eigenvalue weighted by Gasteiger charge is 2.22. The highest BCUT2D eigenvalue weighted by Crippen LogP contribution is 2.28. The zero-order valence-electron chi connectivity index (χ0n) is 11.9. The van der Waals surface area contributed by atoms with Crippen LogP contribution in [-0.4, -0.2) is 6.04 Å². The first-order chi connectivity index (χ1) is 9.70. The van der Waals surface area contributed by atoms with Gasteiger partial charge in [-0.25, -0.2) is 4.39 Å². The molecule has 1 unspecified atom stereocenters. The Bertz CT molecular complexity index is 417. The van der Waals surface area contributed by atoms with Crippen LogP contribution in [0.15, 0.2) is 18.2 Å². The lowest BCUT2D eigenvalue weighted by Gasteiger charge is -2.28. The lowest BCUT2D eigenvalue weighted by molar-refractivity contribution is 0.285. The molecule has 0 radical (unpaired) electrons. The molecule has 0 amide bonds. The molecule has 0 bridgehead atoms. The minimum Gasteiger partial charge on any atom is -0.271 e. The predicted molar refractivity (Wildman–Crippen MR) is 82.0 cm³/mol. The second-order valence-corrected chi connectivity index (χ2v) is 6.23. The maximum atomic E-state index is 13.1. The van der Waals surface area contributed by atoms with Crippen molar-refractivity contribution in [3.63, 3.8) is 0 Å². The molecule has 3 N–H and O–H groups in total. The van der Waals surface area contributed by atoms with Crippen LogP contribution in [-0.2, 0) is 6.42 Å². The summed E-state index contributed by atoms with van der Waals surface area (Å²) in [5.41, 5.74) is 3.93. The second kappa shape index (κ2) is 7.96. The molecule has 1 saturated carbocycles. The summed E-state index contributed by atoms with van der Waals surface area (Å²) in [6.07, 6.45) is 9.76. The van der Waals surface area contributed by atoms with Crippen molar-refractivity contribution in [2.75, 3.05) is 0 Å². The maximum absolute atomic E-state index is 13.1. The summed E-state index contributed by atoms with van der Waals surface area (Å²) in [6.45, 7) is 0. The van der Waals surface area contributed by atoms with Crippen molar-refractivity contribution in [2.45, 2.75) is 57.4 Å². The van der Waals surface area contributed by atoms with Crippen molar-refractivity contribution in [3.05, 3.63) is 34.6 Å². The number of nitrogens with two attached hydrogens (primary N) is 1. The molecule has 0 aliphatic heterocycles. The molecule has 0 spiro atoms. The van der Waals surface area contributed by atoms with Crippen molar-refractivity contribution in [1.82, 2.24) is 5.43 Å². The third-order valence-corrected chi connectivity index (χ3v) is 4.74. The molecule has 1 aliphatic rings. The Hall–Kier alpha value is -0.640. The summed E-state index contributed by atoms with van der Waals surface area (Å²) < 4.78 is 13.1. The predicted octanol–water partition coefficient (Wildman–Crippen LogP) is 4.21. The number of hydrogen-bond acceptors (Lipinski definition) is 2. The Morgan fingerprint density at radius 2 is 1.85 bits per heavy atom. The highest BCUT2D eigenvalue weighted by molar-refractivity contribution is 6.31. The minimum absolute atomic E-state index is 0.219. The molecule has 2 rings (SSSR count). The summed E-state index contributed by atoms with van der Waals surface area (Å²) in [7, 11) is 0. The van der Waals surface area contributed by atoms with Gasteiger partial charge in [0.25, 0.3) is 0 Å². The first kappa shape index (κ1) is 15.7. The molecule has 1 aromatic rings. The number of benzene rings is 1. The van der Waals surface area contributed by atoms with E-state index in [0.29, 0.717) is 10.9 Å². The molecule has 1 aromatic carbocycles. The quantitative estimate of drug-likeness (QED) is 0.645. The van der Waals surface area contributed by atoms with E-state index in [4.69, 9.17) is 17.4 Å². The standard InChI is InChI=1S/C16H24ClFN2/c17-15-11-14(18)9-8-13(15)10-16(20-19)12-6-4-2-1-3-5-7-12/h8-9,11-12,16,20H,1-7,10,19H2. The number of halogens is 2. The lowest BCUT2D eigenvalue weighted by atomic mass is 9.83. The fraction of sp³-hybridized carbons (Fsp3) is 0.625. The average molecular weight is 299 g/mol. The average Bonchev–Trinajstić information content (AvgIpc) is 2.39. The summed E-state index contributed by atoms with van der Waals surface area (Å²) in [6, 6.07) is 4.83. The van der Waals surface area contributed by atoms with Gasteiger partial charge in [-0.2, -0.15) is 0 Å². The number of nitrogens with one attached hydrogen (secondary N) is 1. The Kier molecular flexibility index (Phi) is 6.27. The van der Waals surface area contributed by atoms with Crippen molar-refractivity contribution >= 4 is 11.6 Å². The Balaban J connectivity index is 2.03. The van der Waals surface area contributed by atoms with Crippen LogP contribution in [0.4, 0.5) is 4.39 Å². The third-order valence-electron chi connectivity index (χ3n) is 4.39. The molecule has 1 fully saturated rings. The molecule has 112 valence electrons. The number of hydrogen-bond donors (Lipinski definition) is 2. The fourth-order valence-electron chi connectivity index (χ4n) is 3.18. The van der Waals surface area contributed by atoms with Crippen LogP contribution >= 0.6 is 11.6 Å². The van der Waals surface area contributed by atoms with Crippen molar-refractivity contribution in [3.8, 4) is 0 Å². The number of rotatable bonds is 4. The fourth-order valence-corrected chi connectivity index (χ4v) is 3.42. The zero-order chi connectivity index (χ0) is 14.4. The summed E-state index contributed by atoms with van der Waals surface area (Å²) in [5, 5.41) is 0.496. The summed E-state index contributed by atoms with van der Waals surface area (Å²) in [4.78, 5) is 0. The largest absolute Gasteiger partial charge is 0.271 e. The summed E-state index contributed by atoms with van der Waals surface area (Å²) in [5.74, 6) is 6.05. The van der Waals surface area contributed by atoms with Crippen LogP contribution in [0.2, 0.25) is 5.02 Å². The van der Waals surface area contributed by atoms with E-state index in [1.807, 2.05) is 0 Å². The molecule has 1 atom stereocenters. The van der Waals surface area contributed by atoms with E-state index >= 15 is 0 Å². The first-order valence-electron chi connectivity index (χ1n) is 7.60. The van der Waals surface area contributed by atoms with E-state index in [1.165, 1.54) is 57.1 Å². The highest BCUT2D eigenvalue weighted by atomic mass is 35.5. The number of hydrazine groups is 1. The van der Waals surface area contributed by atoms with E-state index in [9.17, 15) is 4.39 Å². The van der Waals surface area contributed by atoms with Crippen LogP contribution in [0.5, 0.6) is 0 Å². The SMILES string of the molecule is NNC(Cc1ccc(F)cc1Cl)C1CCCCCCC1. The maximum Gasteiger partial charge on any atom is 0.124 e. The van der Waals surface area contributed by atoms with Crippen LogP contribution in [0.25, 0.3) is 0 Å². The van der Waals surface area contributed by atoms with Crippen molar-refractivity contribution in [1.29, 1.82) is 0 Å². The van der Waals surface area contributed by atoms with Gasteiger partial charge in [-0.3, -0.25) is 11.3 Å². The van der Waals surface area contributed by atoms with E-state index in [1.54, 1.807) is 6.07 Å². The molecule has 4 heteroatoms. The monoisotopic (exact) mass is 298 g/mol. The molecule has 1 aliphatic carbocycles. The summed E-state index contributed by atoms with van der Waals surface area (Å²) >= 11 is 6.12. The van der Waals surface area contributed by atoms with Gasteiger partial charge in [0.15, 0.2) is 0 Å². The smallest absolute Gasteiger partial charge is 0.124 e. The van der Waals surface area contributed by atoms with Gasteiger partial charge in [0.2, 0.25) is 0 Å². The van der Waals surface area contributed by atoms with Crippen LogP contribution in [0.3, 0.4) is 0 Å². The van der Waals surface area contributed by atoms with Crippen molar-refractivity contribution in [2.24, 2.45) is 11.8 Å². The third kappa shape index (κ3) is 4.44. The van der Waals surface area contributed by atoms with Crippen molar-refractivity contribution < 1.29 is 4.39 Å². The molecular formula is C16H24ClFN2. The molecule has 0 heterocycles. The molecular weight excluding hydrogens is 275 g/mol. The van der Waals surface area contributed by atoms with Gasteiger partial charge < -0.3 is 0 Å². The van der Waals surface area contributed by atoms with Gasteiger partial charge in [0.1, 0.15) is 5.82 Å². The topological polar surface area (TPSA) is 38.0 Å². The van der Waals surface area contributed by atoms with Gasteiger partial charge in [-0.15, -0.1) is 0 Å². The minimum atomic E-state index is -0.290.